The van der Waals surface area contributed by atoms with Crippen molar-refractivity contribution in [3.05, 3.63) is 55.1 Å². The number of nitrogens with one attached hydrogen (secondary N) is 1. The van der Waals surface area contributed by atoms with Crippen molar-refractivity contribution in [3.63, 3.8) is 0 Å². The van der Waals surface area contributed by atoms with Crippen LogP contribution < -0.4 is 11.1 Å². The van der Waals surface area contributed by atoms with E-state index in [2.05, 4.69) is 24.2 Å². The Labute approximate surface area is 101 Å². The third-order valence-corrected chi connectivity index (χ3v) is 1.62. The Morgan fingerprint density at radius 1 is 1.29 bits per heavy atom. The molecule has 0 spiro atoms. The lowest BCUT2D eigenvalue weighted by molar-refractivity contribution is -0.114. The number of hydrogen-bond donors (Lipinski definition) is 2. The fourth-order valence-corrected chi connectivity index (χ4v) is 0.759. The van der Waals surface area contributed by atoms with Crippen LogP contribution in [0.5, 0.6) is 0 Å². The van der Waals surface area contributed by atoms with Crippen LogP contribution in [0.4, 0.5) is 5.69 Å². The molecule has 0 aromatic heterocycles. The molecule has 17 heavy (non-hydrogen) atoms. The van der Waals surface area contributed by atoms with Gasteiger partial charge < -0.3 is 11.1 Å². The van der Waals surface area contributed by atoms with Crippen LogP contribution >= 0.6 is 0 Å². The summed E-state index contributed by atoms with van der Waals surface area (Å²) in [4.78, 5) is 20.6. The maximum Gasteiger partial charge on any atom is 0.250 e. The molecular weight excluding hydrogens is 216 g/mol. The van der Waals surface area contributed by atoms with E-state index in [1.165, 1.54) is 0 Å². The summed E-state index contributed by atoms with van der Waals surface area (Å²) in [5, 5.41) is 2.70. The third-order valence-electron chi connectivity index (χ3n) is 1.62. The molecule has 1 rings (SSSR count). The second-order valence-corrected chi connectivity index (χ2v) is 3.21. The van der Waals surface area contributed by atoms with E-state index in [0.29, 0.717) is 5.57 Å². The average molecular weight is 232 g/mol. The number of amides is 2. The van der Waals surface area contributed by atoms with E-state index < -0.39 is 5.91 Å². The Bertz CT molecular complexity index is 411. The van der Waals surface area contributed by atoms with Crippen LogP contribution in [-0.4, -0.2) is 11.8 Å². The molecule has 1 aromatic rings. The van der Waals surface area contributed by atoms with Gasteiger partial charge in [-0.05, 0) is 25.1 Å². The van der Waals surface area contributed by atoms with Crippen molar-refractivity contribution in [1.29, 1.82) is 0 Å². The van der Waals surface area contributed by atoms with Crippen molar-refractivity contribution in [2.45, 2.75) is 6.92 Å². The largest absolute Gasteiger partial charge is 0.366 e. The summed E-state index contributed by atoms with van der Waals surface area (Å²) < 4.78 is 0. The first-order chi connectivity index (χ1) is 7.97. The van der Waals surface area contributed by atoms with Crippen LogP contribution in [0.3, 0.4) is 0 Å². The van der Waals surface area contributed by atoms with Gasteiger partial charge in [0.2, 0.25) is 5.91 Å². The van der Waals surface area contributed by atoms with Crippen LogP contribution in [-0.2, 0) is 9.59 Å². The van der Waals surface area contributed by atoms with E-state index in [1.807, 2.05) is 30.3 Å². The molecule has 0 radical (unpaired) electrons. The second-order valence-electron chi connectivity index (χ2n) is 3.21. The molecule has 4 heteroatoms. The minimum Gasteiger partial charge on any atom is -0.366 e. The van der Waals surface area contributed by atoms with Crippen LogP contribution in [0.1, 0.15) is 6.92 Å². The van der Waals surface area contributed by atoms with E-state index in [0.717, 1.165) is 11.8 Å². The lowest BCUT2D eigenvalue weighted by Crippen LogP contribution is -2.11. The van der Waals surface area contributed by atoms with E-state index in [9.17, 15) is 9.59 Å². The highest BCUT2D eigenvalue weighted by molar-refractivity contribution is 6.02. The van der Waals surface area contributed by atoms with E-state index in [1.54, 1.807) is 6.92 Å². The summed E-state index contributed by atoms with van der Waals surface area (Å²) in [5.41, 5.74) is 5.84. The lowest BCUT2D eigenvalue weighted by Gasteiger charge is -2.02. The number of hydrogen-bond acceptors (Lipinski definition) is 2. The molecular formula is C13H16N2O2. The Hall–Kier alpha value is -2.36. The zero-order valence-corrected chi connectivity index (χ0v) is 9.77. The summed E-state index contributed by atoms with van der Waals surface area (Å²) in [6, 6.07) is 9.31. The highest BCUT2D eigenvalue weighted by Gasteiger charge is 2.00. The van der Waals surface area contributed by atoms with Crippen molar-refractivity contribution >= 4 is 17.5 Å². The molecule has 0 aliphatic heterocycles. The summed E-state index contributed by atoms with van der Waals surface area (Å²) in [7, 11) is 0. The van der Waals surface area contributed by atoms with Gasteiger partial charge in [0.25, 0.3) is 5.91 Å². The molecule has 0 heterocycles. The van der Waals surface area contributed by atoms with Gasteiger partial charge in [0.15, 0.2) is 0 Å². The molecule has 0 bridgehead atoms. The van der Waals surface area contributed by atoms with Crippen LogP contribution in [0, 0.1) is 0 Å². The van der Waals surface area contributed by atoms with Gasteiger partial charge in [0, 0.05) is 11.3 Å². The van der Waals surface area contributed by atoms with Gasteiger partial charge in [-0.2, -0.15) is 0 Å². The van der Waals surface area contributed by atoms with Gasteiger partial charge in [0.05, 0.1) is 0 Å². The Morgan fingerprint density at radius 2 is 1.76 bits per heavy atom. The fourth-order valence-electron chi connectivity index (χ4n) is 0.759. The number of carbonyl (C=O) groups is 2. The van der Waals surface area contributed by atoms with Crippen molar-refractivity contribution in [1.82, 2.24) is 0 Å². The number of carbonyl (C=O) groups excluding carboxylic acids is 2. The molecule has 4 nitrogen and oxygen atoms in total. The first kappa shape index (κ1) is 14.6. The van der Waals surface area contributed by atoms with Gasteiger partial charge in [0.1, 0.15) is 0 Å². The smallest absolute Gasteiger partial charge is 0.250 e. The van der Waals surface area contributed by atoms with Crippen molar-refractivity contribution in [2.75, 3.05) is 5.32 Å². The predicted molar refractivity (Wildman–Crippen MR) is 69.3 cm³/mol. The van der Waals surface area contributed by atoms with E-state index >= 15 is 0 Å². The SMILES string of the molecule is C=C(C)C(=O)Nc1ccccc1.C=CC(N)=O. The Kier molecular flexibility index (Phi) is 6.78. The maximum atomic E-state index is 11.1. The molecule has 0 atom stereocenters. The molecule has 1 aromatic carbocycles. The summed E-state index contributed by atoms with van der Waals surface area (Å²) in [5.74, 6) is -0.619. The van der Waals surface area contributed by atoms with Gasteiger partial charge in [-0.3, -0.25) is 9.59 Å². The molecule has 0 unspecified atom stereocenters. The monoisotopic (exact) mass is 232 g/mol. The number of para-hydroxylation sites is 1. The van der Waals surface area contributed by atoms with Crippen molar-refractivity contribution in [3.8, 4) is 0 Å². The zero-order valence-electron chi connectivity index (χ0n) is 9.77. The van der Waals surface area contributed by atoms with Crippen LogP contribution in [0.2, 0.25) is 0 Å². The predicted octanol–water partition coefficient (Wildman–Crippen LogP) is 1.86. The van der Waals surface area contributed by atoms with Crippen molar-refractivity contribution < 1.29 is 9.59 Å². The average Bonchev–Trinajstić information content (AvgIpc) is 2.31. The van der Waals surface area contributed by atoms with Gasteiger partial charge in [-0.1, -0.05) is 31.4 Å². The molecule has 0 aliphatic rings. The molecule has 0 aliphatic carbocycles. The van der Waals surface area contributed by atoms with Gasteiger partial charge in [-0.25, -0.2) is 0 Å². The van der Waals surface area contributed by atoms with Gasteiger partial charge >= 0.3 is 0 Å². The standard InChI is InChI=1S/C10H11NO.C3H5NO/c1-8(2)10(12)11-9-6-4-3-5-7-9;1-2-3(4)5/h3-7H,1H2,2H3,(H,11,12);2H,1H2,(H2,4,5). The number of benzene rings is 1. The fraction of sp³-hybridized carbons (Fsp3) is 0.0769. The second kappa shape index (κ2) is 7.87. The molecule has 3 N–H and O–H groups in total. The maximum absolute atomic E-state index is 11.1. The third kappa shape index (κ3) is 7.56. The van der Waals surface area contributed by atoms with E-state index in [-0.39, 0.29) is 5.91 Å². The quantitative estimate of drug-likeness (QED) is 0.781. The number of nitrogens with two attached hydrogens (primary N) is 1. The number of anilines is 1. The Morgan fingerprint density at radius 3 is 2.12 bits per heavy atom. The minimum atomic E-state index is -0.481. The van der Waals surface area contributed by atoms with Crippen molar-refractivity contribution in [2.24, 2.45) is 5.73 Å². The highest BCUT2D eigenvalue weighted by Crippen LogP contribution is 2.05. The van der Waals surface area contributed by atoms with Crippen LogP contribution in [0.25, 0.3) is 0 Å². The van der Waals surface area contributed by atoms with Crippen LogP contribution in [0.15, 0.2) is 55.1 Å². The molecule has 0 saturated heterocycles. The topological polar surface area (TPSA) is 72.2 Å². The van der Waals surface area contributed by atoms with E-state index in [4.69, 9.17) is 0 Å². The normalized spacial score (nSPS) is 8.29. The van der Waals surface area contributed by atoms with Gasteiger partial charge in [-0.15, -0.1) is 0 Å². The molecule has 0 fully saturated rings. The number of rotatable bonds is 3. The first-order valence-corrected chi connectivity index (χ1v) is 4.91. The molecule has 90 valence electrons. The summed E-state index contributed by atoms with van der Waals surface area (Å²) in [6.07, 6.45) is 1.06. The lowest BCUT2D eigenvalue weighted by atomic mass is 10.3. The summed E-state index contributed by atoms with van der Waals surface area (Å²) >= 11 is 0. The minimum absolute atomic E-state index is 0.138. The molecule has 2 amide bonds. The summed E-state index contributed by atoms with van der Waals surface area (Å²) in [6.45, 7) is 8.30. The Balaban J connectivity index is 0.000000437. The molecule has 0 saturated carbocycles. The zero-order chi connectivity index (χ0) is 13.3. The highest BCUT2D eigenvalue weighted by atomic mass is 16.1. The first-order valence-electron chi connectivity index (χ1n) is 4.91. The number of primary amides is 1.